The van der Waals surface area contributed by atoms with Gasteiger partial charge in [-0.25, -0.2) is 4.79 Å². The van der Waals surface area contributed by atoms with E-state index in [9.17, 15) is 9.90 Å². The molecule has 7 heteroatoms. The van der Waals surface area contributed by atoms with Gasteiger partial charge in [0.05, 0.1) is 10.9 Å². The van der Waals surface area contributed by atoms with Gasteiger partial charge in [0.2, 0.25) is 0 Å². The summed E-state index contributed by atoms with van der Waals surface area (Å²) in [5, 5.41) is 15.4. The molecule has 0 unspecified atom stereocenters. The van der Waals surface area contributed by atoms with E-state index >= 15 is 0 Å². The molecule has 2 aliphatic rings. The number of benzene rings is 3. The Kier molecular flexibility index (Phi) is 9.76. The molecule has 0 aromatic heterocycles. The number of carboxylic acids is 1. The Morgan fingerprint density at radius 1 is 1.03 bits per heavy atom. The Morgan fingerprint density at radius 3 is 2.40 bits per heavy atom. The van der Waals surface area contributed by atoms with Crippen molar-refractivity contribution in [1.29, 1.82) is 0 Å². The van der Waals surface area contributed by atoms with E-state index in [-0.39, 0.29) is 34.1 Å². The fourth-order valence-electron chi connectivity index (χ4n) is 4.56. The van der Waals surface area contributed by atoms with E-state index in [1.165, 1.54) is 0 Å². The standard InChI is InChI=1S/C28H30N2O3.Cu.Fe/c1-6-18-10-9-11-19(26(18)28(31)32)27-20-12-16(4)22(29-7-2)14-24(20)33-25-15-23(30-8-3)17(5)13-21(25)27;;/h9-15,29H,6-8H2,1-5H3,(H,31,32);;. The van der Waals surface area contributed by atoms with Crippen LogP contribution in [0.2, 0.25) is 0 Å². The van der Waals surface area contributed by atoms with Crippen molar-refractivity contribution < 1.29 is 48.5 Å². The van der Waals surface area contributed by atoms with Gasteiger partial charge in [-0.2, -0.15) is 0 Å². The molecule has 5 nitrogen and oxygen atoms in total. The predicted octanol–water partition coefficient (Wildman–Crippen LogP) is 6.43. The number of anilines is 1. The minimum Gasteiger partial charge on any atom is -0.478 e. The third-order valence-corrected chi connectivity index (χ3v) is 6.09. The van der Waals surface area contributed by atoms with Crippen LogP contribution in [0.25, 0.3) is 33.4 Å². The monoisotopic (exact) mass is 561 g/mol. The molecular weight excluding hydrogens is 532 g/mol. The number of hydrogen-bond acceptors (Lipinski definition) is 4. The molecule has 4 rings (SSSR count). The number of carboxylic acid groups (broad SMARTS) is 1. The second kappa shape index (κ2) is 11.9. The molecule has 0 atom stereocenters. The number of nitrogens with zero attached hydrogens (tertiary/aromatic N) is 1. The van der Waals surface area contributed by atoms with Crippen molar-refractivity contribution in [3.8, 4) is 22.5 Å². The average molecular weight is 562 g/mol. The quantitative estimate of drug-likeness (QED) is 0.210. The molecule has 1 aliphatic heterocycles. The maximum absolute atomic E-state index is 12.4. The van der Waals surface area contributed by atoms with Crippen molar-refractivity contribution in [2.45, 2.75) is 41.0 Å². The minimum absolute atomic E-state index is 0. The largest absolute Gasteiger partial charge is 0.478 e. The number of fused-ring (bicyclic) bond motifs is 2. The van der Waals surface area contributed by atoms with Gasteiger partial charge in [0.1, 0.15) is 11.3 Å². The maximum atomic E-state index is 12.4. The smallest absolute Gasteiger partial charge is 0.336 e. The Hall–Kier alpha value is -2.56. The van der Waals surface area contributed by atoms with Crippen LogP contribution in [0.5, 0.6) is 0 Å². The molecule has 0 bridgehead atoms. The summed E-state index contributed by atoms with van der Waals surface area (Å²) in [7, 11) is 0. The van der Waals surface area contributed by atoms with Crippen molar-refractivity contribution in [2.24, 2.45) is 4.99 Å². The van der Waals surface area contributed by atoms with Crippen molar-refractivity contribution >= 4 is 22.6 Å². The summed E-state index contributed by atoms with van der Waals surface area (Å²) in [5.74, 6) is -0.222. The van der Waals surface area contributed by atoms with Crippen molar-refractivity contribution in [3.05, 3.63) is 70.1 Å². The van der Waals surface area contributed by atoms with Gasteiger partial charge in [0, 0.05) is 81.6 Å². The Morgan fingerprint density at radius 2 is 1.77 bits per heavy atom. The second-order valence-corrected chi connectivity index (χ2v) is 8.28. The molecule has 1 heterocycles. The van der Waals surface area contributed by atoms with Gasteiger partial charge in [0.25, 0.3) is 0 Å². The zero-order valence-corrected chi connectivity index (χ0v) is 22.6. The molecule has 0 saturated heterocycles. The van der Waals surface area contributed by atoms with Crippen LogP contribution in [0, 0.1) is 13.8 Å². The fourth-order valence-corrected chi connectivity index (χ4v) is 4.56. The number of aromatic carboxylic acids is 1. The molecule has 0 amide bonds. The van der Waals surface area contributed by atoms with E-state index in [2.05, 4.69) is 36.3 Å². The first-order valence-electron chi connectivity index (χ1n) is 11.5. The predicted molar refractivity (Wildman–Crippen MR) is 134 cm³/mol. The molecule has 0 fully saturated rings. The first-order chi connectivity index (χ1) is 15.9. The average Bonchev–Trinajstić information content (AvgIpc) is 2.79. The molecule has 1 aliphatic carbocycles. The van der Waals surface area contributed by atoms with E-state index in [1.54, 1.807) is 0 Å². The summed E-state index contributed by atoms with van der Waals surface area (Å²) in [6, 6.07) is 13.9. The fraction of sp³-hybridized carbons (Fsp3) is 0.286. The topological polar surface area (TPSA) is 74.8 Å². The van der Waals surface area contributed by atoms with Crippen LogP contribution in [0.3, 0.4) is 0 Å². The Bertz CT molecular complexity index is 1410. The molecule has 0 saturated carbocycles. The molecule has 2 N–H and O–H groups in total. The normalized spacial score (nSPS) is 11.3. The van der Waals surface area contributed by atoms with E-state index < -0.39 is 5.97 Å². The molecule has 0 spiro atoms. The Labute approximate surface area is 227 Å². The van der Waals surface area contributed by atoms with Gasteiger partial charge >= 0.3 is 5.97 Å². The molecule has 35 heavy (non-hydrogen) atoms. The zero-order valence-electron chi connectivity index (χ0n) is 20.5. The maximum Gasteiger partial charge on any atom is 0.336 e. The molecule has 189 valence electrons. The van der Waals surface area contributed by atoms with E-state index in [0.717, 1.165) is 50.8 Å². The van der Waals surface area contributed by atoms with Crippen LogP contribution in [-0.4, -0.2) is 24.2 Å². The summed E-state index contributed by atoms with van der Waals surface area (Å²) in [6.45, 7) is 11.6. The first kappa shape index (κ1) is 28.7. The van der Waals surface area contributed by atoms with Crippen LogP contribution < -0.4 is 10.7 Å². The summed E-state index contributed by atoms with van der Waals surface area (Å²) in [5.41, 5.74) is 7.48. The Balaban J connectivity index is 0.00000216. The third kappa shape index (κ3) is 5.34. The molecule has 1 radical (unpaired) electrons. The van der Waals surface area contributed by atoms with E-state index in [0.29, 0.717) is 35.4 Å². The zero-order chi connectivity index (χ0) is 23.7. The number of rotatable bonds is 6. The van der Waals surface area contributed by atoms with Crippen LogP contribution in [0.4, 0.5) is 5.69 Å². The molecular formula is C28H30CuFeN2O3. The van der Waals surface area contributed by atoms with Crippen LogP contribution in [-0.2, 0) is 40.6 Å². The van der Waals surface area contributed by atoms with Gasteiger partial charge < -0.3 is 14.8 Å². The summed E-state index contributed by atoms with van der Waals surface area (Å²) < 4.78 is 6.40. The van der Waals surface area contributed by atoms with Crippen molar-refractivity contribution in [2.75, 3.05) is 18.4 Å². The van der Waals surface area contributed by atoms with Crippen LogP contribution in [0.15, 0.2) is 51.9 Å². The number of hydrogen-bond donors (Lipinski definition) is 2. The summed E-state index contributed by atoms with van der Waals surface area (Å²) in [6.07, 6.45) is 0.644. The number of nitrogens with one attached hydrogen (secondary N) is 1. The van der Waals surface area contributed by atoms with E-state index in [4.69, 9.17) is 4.42 Å². The minimum atomic E-state index is -0.917. The van der Waals surface area contributed by atoms with Crippen LogP contribution >= 0.6 is 0 Å². The molecule has 2 aromatic rings. The van der Waals surface area contributed by atoms with E-state index in [1.807, 2.05) is 51.1 Å². The van der Waals surface area contributed by atoms with Gasteiger partial charge in [0.15, 0.2) is 0 Å². The third-order valence-electron chi connectivity index (χ3n) is 6.09. The van der Waals surface area contributed by atoms with Gasteiger partial charge in [-0.3, -0.25) is 4.99 Å². The number of aryl methyl sites for hydroxylation is 3. The van der Waals surface area contributed by atoms with Crippen LogP contribution in [0.1, 0.15) is 47.8 Å². The number of carbonyl (C=O) groups is 1. The molecule has 2 aromatic carbocycles. The van der Waals surface area contributed by atoms with Gasteiger partial charge in [-0.15, -0.1) is 0 Å². The van der Waals surface area contributed by atoms with Gasteiger partial charge in [-0.05, 0) is 68.5 Å². The van der Waals surface area contributed by atoms with Crippen molar-refractivity contribution in [3.63, 3.8) is 0 Å². The van der Waals surface area contributed by atoms with Crippen molar-refractivity contribution in [1.82, 2.24) is 0 Å². The summed E-state index contributed by atoms with van der Waals surface area (Å²) >= 11 is 0. The van der Waals surface area contributed by atoms with Gasteiger partial charge in [-0.1, -0.05) is 25.1 Å². The first-order valence-corrected chi connectivity index (χ1v) is 11.5. The summed E-state index contributed by atoms with van der Waals surface area (Å²) in [4.78, 5) is 17.0. The second-order valence-electron chi connectivity index (χ2n) is 8.28. The SMILES string of the molecule is CCN=c1cc2oc3cc(NCC)c(C)cc3c(-c3cccc(CC)c3C(=O)O)c-2cc1C.[Cu].[Fe].